The molecule has 1 rings (SSSR count). The monoisotopic (exact) mass is 262 g/mol. The Morgan fingerprint density at radius 3 is 3.00 bits per heavy atom. The van der Waals surface area contributed by atoms with Crippen LogP contribution in [-0.4, -0.2) is 22.7 Å². The van der Waals surface area contributed by atoms with Crippen molar-refractivity contribution in [3.8, 4) is 0 Å². The number of nitrogens with zero attached hydrogens (tertiary/aromatic N) is 1. The Morgan fingerprint density at radius 2 is 2.43 bits per heavy atom. The molecule has 2 N–H and O–H groups in total. The molecule has 0 amide bonds. The number of rotatable bonds is 4. The summed E-state index contributed by atoms with van der Waals surface area (Å²) in [6, 6.07) is 1.68. The molecule has 0 saturated carbocycles. The molecule has 1 aromatic heterocycles. The topological polar surface area (TPSA) is 45.1 Å². The van der Waals surface area contributed by atoms with E-state index in [1.807, 2.05) is 0 Å². The van der Waals surface area contributed by atoms with Crippen LogP contribution in [0.25, 0.3) is 0 Å². The van der Waals surface area contributed by atoms with Gasteiger partial charge in [-0.25, -0.2) is 4.98 Å². The molecule has 78 valence electrons. The second-order valence-electron chi connectivity index (χ2n) is 3.04. The van der Waals surface area contributed by atoms with E-state index in [1.165, 1.54) is 6.20 Å². The number of nitrogens with one attached hydrogen (secondary N) is 1. The first kappa shape index (κ1) is 11.6. The Morgan fingerprint density at radius 1 is 1.71 bits per heavy atom. The van der Waals surface area contributed by atoms with Crippen LogP contribution in [0.3, 0.4) is 0 Å². The summed E-state index contributed by atoms with van der Waals surface area (Å²) in [4.78, 5) is 3.54. The zero-order valence-electron chi connectivity index (χ0n) is 7.80. The first-order valence-corrected chi connectivity index (χ1v) is 5.08. The Balaban J connectivity index is 2.58. The Bertz CT molecular complexity index is 287. The van der Waals surface area contributed by atoms with E-state index < -0.39 is 12.1 Å². The molecule has 0 aliphatic carbocycles. The molecule has 0 aromatic carbocycles. The molecular weight excluding hydrogens is 251 g/mol. The largest absolute Gasteiger partial charge is 0.392 e. The molecule has 0 spiro atoms. The average molecular weight is 263 g/mol. The second-order valence-corrected chi connectivity index (χ2v) is 3.90. The van der Waals surface area contributed by atoms with Crippen LogP contribution in [0.5, 0.6) is 0 Å². The van der Waals surface area contributed by atoms with Crippen molar-refractivity contribution in [3.05, 3.63) is 28.2 Å². The molecule has 0 unspecified atom stereocenters. The number of pyridine rings is 1. The van der Waals surface area contributed by atoms with Gasteiger partial charge in [0.1, 0.15) is 0 Å². The number of aliphatic hydroxyl groups is 1. The maximum absolute atomic E-state index is 13.1. The van der Waals surface area contributed by atoms with Gasteiger partial charge in [-0.15, -0.1) is 0 Å². The molecule has 1 aromatic rings. The third-order valence-corrected chi connectivity index (χ3v) is 2.43. The first-order valence-electron chi connectivity index (χ1n) is 4.29. The summed E-state index contributed by atoms with van der Waals surface area (Å²) in [5.41, 5.74) is 0.480. The molecule has 0 fully saturated rings. The SMILES string of the molecule is C[C@@H](O)CNCc1c(Br)ccnc1F. The van der Waals surface area contributed by atoms with Gasteiger partial charge in [0.15, 0.2) is 0 Å². The molecule has 0 radical (unpaired) electrons. The highest BCUT2D eigenvalue weighted by Crippen LogP contribution is 2.17. The smallest absolute Gasteiger partial charge is 0.218 e. The number of hydrogen-bond acceptors (Lipinski definition) is 3. The van der Waals surface area contributed by atoms with Crippen molar-refractivity contribution < 1.29 is 9.50 Å². The highest BCUT2D eigenvalue weighted by atomic mass is 79.9. The van der Waals surface area contributed by atoms with Gasteiger partial charge in [0.2, 0.25) is 5.95 Å². The summed E-state index contributed by atoms with van der Waals surface area (Å²) in [6.07, 6.45) is 0.964. The highest BCUT2D eigenvalue weighted by molar-refractivity contribution is 9.10. The van der Waals surface area contributed by atoms with Gasteiger partial charge in [-0.05, 0) is 13.0 Å². The molecular formula is C9H12BrFN2O. The first-order chi connectivity index (χ1) is 6.61. The number of halogens is 2. The lowest BCUT2D eigenvalue weighted by Crippen LogP contribution is -2.24. The number of aliphatic hydroxyl groups excluding tert-OH is 1. The van der Waals surface area contributed by atoms with Crippen LogP contribution in [0.4, 0.5) is 4.39 Å². The third kappa shape index (κ3) is 3.32. The Labute approximate surface area is 90.5 Å². The zero-order valence-corrected chi connectivity index (χ0v) is 9.38. The minimum Gasteiger partial charge on any atom is -0.392 e. The molecule has 3 nitrogen and oxygen atoms in total. The van der Waals surface area contributed by atoms with Crippen molar-refractivity contribution >= 4 is 15.9 Å². The molecule has 1 heterocycles. The van der Waals surface area contributed by atoms with E-state index >= 15 is 0 Å². The van der Waals surface area contributed by atoms with Crippen LogP contribution in [0.2, 0.25) is 0 Å². The molecule has 0 saturated heterocycles. The lowest BCUT2D eigenvalue weighted by Gasteiger charge is -2.08. The van der Waals surface area contributed by atoms with E-state index in [-0.39, 0.29) is 0 Å². The Hall–Kier alpha value is -0.520. The summed E-state index contributed by atoms with van der Waals surface area (Å²) in [5.74, 6) is -0.488. The van der Waals surface area contributed by atoms with Gasteiger partial charge in [-0.3, -0.25) is 0 Å². The van der Waals surface area contributed by atoms with Crippen LogP contribution >= 0.6 is 15.9 Å². The van der Waals surface area contributed by atoms with Crippen LogP contribution in [0.15, 0.2) is 16.7 Å². The molecule has 1 atom stereocenters. The lowest BCUT2D eigenvalue weighted by atomic mass is 10.2. The maximum atomic E-state index is 13.1. The van der Waals surface area contributed by atoms with Crippen LogP contribution in [-0.2, 0) is 6.54 Å². The van der Waals surface area contributed by atoms with Crippen molar-refractivity contribution in [2.45, 2.75) is 19.6 Å². The predicted molar refractivity (Wildman–Crippen MR) is 55.3 cm³/mol. The van der Waals surface area contributed by atoms with Gasteiger partial charge in [0, 0.05) is 29.3 Å². The summed E-state index contributed by atoms with van der Waals surface area (Å²) < 4.78 is 13.8. The van der Waals surface area contributed by atoms with E-state index in [0.29, 0.717) is 23.1 Å². The highest BCUT2D eigenvalue weighted by Gasteiger charge is 2.07. The minimum atomic E-state index is -0.488. The normalized spacial score (nSPS) is 12.9. The van der Waals surface area contributed by atoms with E-state index in [0.717, 1.165) is 0 Å². The van der Waals surface area contributed by atoms with Crippen LogP contribution in [0, 0.1) is 5.95 Å². The van der Waals surface area contributed by atoms with Gasteiger partial charge in [0.25, 0.3) is 0 Å². The van der Waals surface area contributed by atoms with Crippen molar-refractivity contribution in [1.82, 2.24) is 10.3 Å². The van der Waals surface area contributed by atoms with E-state index in [1.54, 1.807) is 13.0 Å². The summed E-state index contributed by atoms with van der Waals surface area (Å²) in [7, 11) is 0. The quantitative estimate of drug-likeness (QED) is 0.808. The van der Waals surface area contributed by atoms with Gasteiger partial charge < -0.3 is 10.4 Å². The van der Waals surface area contributed by atoms with Crippen LogP contribution < -0.4 is 5.32 Å². The molecule has 0 aliphatic heterocycles. The second kappa shape index (κ2) is 5.38. The van der Waals surface area contributed by atoms with Gasteiger partial charge >= 0.3 is 0 Å². The third-order valence-electron chi connectivity index (χ3n) is 1.69. The Kier molecular flexibility index (Phi) is 4.44. The van der Waals surface area contributed by atoms with Gasteiger partial charge in [-0.2, -0.15) is 4.39 Å². The summed E-state index contributed by atoms with van der Waals surface area (Å²) in [6.45, 7) is 2.45. The molecule has 5 heteroatoms. The van der Waals surface area contributed by atoms with Crippen LogP contribution in [0.1, 0.15) is 12.5 Å². The molecule has 0 aliphatic rings. The van der Waals surface area contributed by atoms with E-state index in [9.17, 15) is 4.39 Å². The fourth-order valence-corrected chi connectivity index (χ4v) is 1.43. The fourth-order valence-electron chi connectivity index (χ4n) is 1.01. The fraction of sp³-hybridized carbons (Fsp3) is 0.444. The number of hydrogen-bond donors (Lipinski definition) is 2. The molecule has 0 bridgehead atoms. The standard InChI is InChI=1S/C9H12BrFN2O/c1-6(14)4-12-5-7-8(10)2-3-13-9(7)11/h2-3,6,12,14H,4-5H2,1H3/t6-/m1/s1. The number of aromatic nitrogens is 1. The van der Waals surface area contributed by atoms with Crippen molar-refractivity contribution in [1.29, 1.82) is 0 Å². The molecule has 14 heavy (non-hydrogen) atoms. The maximum Gasteiger partial charge on any atom is 0.218 e. The van der Waals surface area contributed by atoms with Gasteiger partial charge in [-0.1, -0.05) is 15.9 Å². The summed E-state index contributed by atoms with van der Waals surface area (Å²) >= 11 is 3.23. The van der Waals surface area contributed by atoms with Crippen molar-refractivity contribution in [2.24, 2.45) is 0 Å². The average Bonchev–Trinajstić information content (AvgIpc) is 2.09. The lowest BCUT2D eigenvalue weighted by molar-refractivity contribution is 0.190. The minimum absolute atomic E-state index is 0.352. The van der Waals surface area contributed by atoms with E-state index in [4.69, 9.17) is 5.11 Å². The van der Waals surface area contributed by atoms with Crippen molar-refractivity contribution in [3.63, 3.8) is 0 Å². The van der Waals surface area contributed by atoms with Gasteiger partial charge in [0.05, 0.1) is 6.10 Å². The predicted octanol–water partition coefficient (Wildman–Crippen LogP) is 1.45. The van der Waals surface area contributed by atoms with Crippen molar-refractivity contribution in [2.75, 3.05) is 6.54 Å². The summed E-state index contributed by atoms with van der Waals surface area (Å²) in [5, 5.41) is 11.9. The van der Waals surface area contributed by atoms with E-state index in [2.05, 4.69) is 26.2 Å². The zero-order chi connectivity index (χ0) is 10.6.